The Kier molecular flexibility index (Phi) is 2.52. The molecule has 0 fully saturated rings. The molecule has 1 aromatic heterocycles. The van der Waals surface area contributed by atoms with E-state index in [-0.39, 0.29) is 5.96 Å². The van der Waals surface area contributed by atoms with E-state index < -0.39 is 0 Å². The number of aromatic nitrogens is 2. The first-order chi connectivity index (χ1) is 7.58. The summed E-state index contributed by atoms with van der Waals surface area (Å²) in [5.41, 5.74) is 13.9. The summed E-state index contributed by atoms with van der Waals surface area (Å²) < 4.78 is 2.00. The maximum absolute atomic E-state index is 5.30. The molecule has 0 aliphatic carbocycles. The van der Waals surface area contributed by atoms with E-state index in [1.165, 1.54) is 5.56 Å². The molecule has 0 bridgehead atoms. The number of hydrogen-bond donors (Lipinski definition) is 2. The van der Waals surface area contributed by atoms with Gasteiger partial charge in [0.05, 0.1) is 11.0 Å². The maximum Gasteiger partial charge on any atom is 0.186 e. The van der Waals surface area contributed by atoms with Crippen LogP contribution in [0.25, 0.3) is 11.0 Å². The number of benzene rings is 1. The van der Waals surface area contributed by atoms with E-state index >= 15 is 0 Å². The first-order valence-electron chi connectivity index (χ1n) is 5.05. The minimum Gasteiger partial charge on any atom is -0.370 e. The van der Waals surface area contributed by atoms with Crippen LogP contribution in [0.5, 0.6) is 0 Å². The standard InChI is InChI=1S/C11H15N5/c1-7-3-4-9-8(5-7)15-10(16(9)2)6-14-11(12)13/h3-5H,6H2,1-2H3,(H4,12,13,14). The van der Waals surface area contributed by atoms with Gasteiger partial charge in [0.1, 0.15) is 12.4 Å². The van der Waals surface area contributed by atoms with Gasteiger partial charge in [-0.05, 0) is 24.6 Å². The van der Waals surface area contributed by atoms with E-state index in [0.29, 0.717) is 6.54 Å². The van der Waals surface area contributed by atoms with Crippen molar-refractivity contribution in [3.8, 4) is 0 Å². The molecule has 5 heteroatoms. The molecule has 16 heavy (non-hydrogen) atoms. The summed E-state index contributed by atoms with van der Waals surface area (Å²) in [5.74, 6) is 0.942. The predicted molar refractivity (Wildman–Crippen MR) is 65.0 cm³/mol. The maximum atomic E-state index is 5.30. The zero-order valence-corrected chi connectivity index (χ0v) is 9.44. The van der Waals surface area contributed by atoms with Crippen LogP contribution in [0, 0.1) is 6.92 Å². The van der Waals surface area contributed by atoms with E-state index in [2.05, 4.69) is 22.1 Å². The summed E-state index contributed by atoms with van der Waals surface area (Å²) >= 11 is 0. The van der Waals surface area contributed by atoms with Crippen LogP contribution in [0.15, 0.2) is 23.2 Å². The van der Waals surface area contributed by atoms with Crippen LogP contribution in [0.2, 0.25) is 0 Å². The third-order valence-corrected chi connectivity index (χ3v) is 2.53. The second-order valence-corrected chi connectivity index (χ2v) is 3.82. The highest BCUT2D eigenvalue weighted by Crippen LogP contribution is 2.16. The molecule has 0 aliphatic rings. The first-order valence-corrected chi connectivity index (χ1v) is 5.05. The highest BCUT2D eigenvalue weighted by molar-refractivity contribution is 5.77. The Labute approximate surface area is 93.8 Å². The predicted octanol–water partition coefficient (Wildman–Crippen LogP) is 0.655. The van der Waals surface area contributed by atoms with Crippen molar-refractivity contribution >= 4 is 17.0 Å². The van der Waals surface area contributed by atoms with Gasteiger partial charge in [-0.25, -0.2) is 9.98 Å². The van der Waals surface area contributed by atoms with Crippen LogP contribution in [0.3, 0.4) is 0 Å². The topological polar surface area (TPSA) is 82.2 Å². The highest BCUT2D eigenvalue weighted by atomic mass is 15.1. The summed E-state index contributed by atoms with van der Waals surface area (Å²) in [6.07, 6.45) is 0. The molecular formula is C11H15N5. The molecule has 84 valence electrons. The number of nitrogens with two attached hydrogens (primary N) is 2. The smallest absolute Gasteiger partial charge is 0.186 e. The summed E-state index contributed by atoms with van der Waals surface area (Å²) in [6.45, 7) is 2.45. The lowest BCUT2D eigenvalue weighted by Crippen LogP contribution is -2.22. The second-order valence-electron chi connectivity index (χ2n) is 3.82. The van der Waals surface area contributed by atoms with Gasteiger partial charge in [0.2, 0.25) is 0 Å². The van der Waals surface area contributed by atoms with Gasteiger partial charge in [-0.3, -0.25) is 0 Å². The summed E-state index contributed by atoms with van der Waals surface area (Å²) in [4.78, 5) is 8.45. The molecular weight excluding hydrogens is 202 g/mol. The van der Waals surface area contributed by atoms with Gasteiger partial charge < -0.3 is 16.0 Å². The van der Waals surface area contributed by atoms with Crippen LogP contribution in [0.4, 0.5) is 0 Å². The van der Waals surface area contributed by atoms with Crippen molar-refractivity contribution < 1.29 is 0 Å². The van der Waals surface area contributed by atoms with Crippen molar-refractivity contribution in [2.45, 2.75) is 13.5 Å². The molecule has 4 N–H and O–H groups in total. The minimum absolute atomic E-state index is 0.0863. The summed E-state index contributed by atoms with van der Waals surface area (Å²) in [6, 6.07) is 6.17. The Morgan fingerprint density at radius 1 is 1.44 bits per heavy atom. The number of aryl methyl sites for hydroxylation is 2. The van der Waals surface area contributed by atoms with Crippen LogP contribution >= 0.6 is 0 Å². The normalized spacial score (nSPS) is 10.6. The number of rotatable bonds is 2. The lowest BCUT2D eigenvalue weighted by atomic mass is 10.2. The van der Waals surface area contributed by atoms with E-state index in [1.807, 2.05) is 24.6 Å². The monoisotopic (exact) mass is 217 g/mol. The quantitative estimate of drug-likeness (QED) is 0.572. The largest absolute Gasteiger partial charge is 0.370 e. The number of nitrogens with zero attached hydrogens (tertiary/aromatic N) is 3. The van der Waals surface area contributed by atoms with Gasteiger partial charge >= 0.3 is 0 Å². The molecule has 0 unspecified atom stereocenters. The highest BCUT2D eigenvalue weighted by Gasteiger charge is 2.06. The van der Waals surface area contributed by atoms with E-state index in [0.717, 1.165) is 16.9 Å². The Balaban J connectivity index is 2.47. The van der Waals surface area contributed by atoms with Crippen LogP contribution in [-0.2, 0) is 13.6 Å². The zero-order valence-electron chi connectivity index (χ0n) is 9.44. The number of aliphatic imine (C=N–C) groups is 1. The molecule has 0 radical (unpaired) electrons. The fourth-order valence-corrected chi connectivity index (χ4v) is 1.66. The third-order valence-electron chi connectivity index (χ3n) is 2.53. The molecule has 1 heterocycles. The minimum atomic E-state index is 0.0863. The number of fused-ring (bicyclic) bond motifs is 1. The number of guanidine groups is 1. The lowest BCUT2D eigenvalue weighted by Gasteiger charge is -1.99. The molecule has 0 amide bonds. The van der Waals surface area contributed by atoms with E-state index in [9.17, 15) is 0 Å². The Hall–Kier alpha value is -2.04. The van der Waals surface area contributed by atoms with E-state index in [1.54, 1.807) is 0 Å². The third kappa shape index (κ3) is 1.84. The zero-order chi connectivity index (χ0) is 11.7. The van der Waals surface area contributed by atoms with Gasteiger partial charge in [0, 0.05) is 7.05 Å². The second kappa shape index (κ2) is 3.84. The van der Waals surface area contributed by atoms with Gasteiger partial charge in [-0.2, -0.15) is 0 Å². The van der Waals surface area contributed by atoms with Gasteiger partial charge in [0.15, 0.2) is 5.96 Å². The lowest BCUT2D eigenvalue weighted by molar-refractivity contribution is 0.812. The molecule has 2 rings (SSSR count). The molecule has 2 aromatic rings. The molecule has 0 atom stereocenters. The van der Waals surface area contributed by atoms with Gasteiger partial charge in [0.25, 0.3) is 0 Å². The molecule has 0 spiro atoms. The summed E-state index contributed by atoms with van der Waals surface area (Å²) in [5, 5.41) is 0. The van der Waals surface area contributed by atoms with Crippen molar-refractivity contribution in [1.82, 2.24) is 9.55 Å². The van der Waals surface area contributed by atoms with Crippen molar-refractivity contribution in [3.05, 3.63) is 29.6 Å². The molecule has 5 nitrogen and oxygen atoms in total. The number of imidazole rings is 1. The van der Waals surface area contributed by atoms with Crippen LogP contribution < -0.4 is 11.5 Å². The Morgan fingerprint density at radius 3 is 2.88 bits per heavy atom. The fraction of sp³-hybridized carbons (Fsp3) is 0.273. The number of hydrogen-bond acceptors (Lipinski definition) is 2. The van der Waals surface area contributed by atoms with Gasteiger partial charge in [-0.15, -0.1) is 0 Å². The van der Waals surface area contributed by atoms with E-state index in [4.69, 9.17) is 11.5 Å². The molecule has 0 saturated carbocycles. The fourth-order valence-electron chi connectivity index (χ4n) is 1.66. The average molecular weight is 217 g/mol. The SMILES string of the molecule is Cc1ccc2c(c1)nc(CN=C(N)N)n2C. The molecule has 1 aromatic carbocycles. The van der Waals surface area contributed by atoms with Crippen LogP contribution in [0.1, 0.15) is 11.4 Å². The molecule has 0 saturated heterocycles. The Bertz CT molecular complexity index is 549. The van der Waals surface area contributed by atoms with Crippen molar-refractivity contribution in [1.29, 1.82) is 0 Å². The van der Waals surface area contributed by atoms with Gasteiger partial charge in [-0.1, -0.05) is 6.07 Å². The van der Waals surface area contributed by atoms with Crippen molar-refractivity contribution in [2.24, 2.45) is 23.5 Å². The van der Waals surface area contributed by atoms with Crippen LogP contribution in [-0.4, -0.2) is 15.5 Å². The average Bonchev–Trinajstić information content (AvgIpc) is 2.52. The Morgan fingerprint density at radius 2 is 2.19 bits per heavy atom. The van der Waals surface area contributed by atoms with Crippen molar-refractivity contribution in [2.75, 3.05) is 0 Å². The first kappa shape index (κ1) is 10.5. The molecule has 0 aliphatic heterocycles. The summed E-state index contributed by atoms with van der Waals surface area (Å²) in [7, 11) is 1.96. The van der Waals surface area contributed by atoms with Crippen molar-refractivity contribution in [3.63, 3.8) is 0 Å².